The first-order valence-corrected chi connectivity index (χ1v) is 5.20. The van der Waals surface area contributed by atoms with Crippen molar-refractivity contribution in [3.05, 3.63) is 0 Å². The Hall–Kier alpha value is -0.720. The van der Waals surface area contributed by atoms with Gasteiger partial charge in [-0.15, -0.1) is 0 Å². The van der Waals surface area contributed by atoms with Crippen LogP contribution < -0.4 is 5.11 Å². The predicted octanol–water partition coefficient (Wildman–Crippen LogP) is 0.334. The van der Waals surface area contributed by atoms with E-state index in [1.54, 1.807) is 0 Å². The van der Waals surface area contributed by atoms with Crippen molar-refractivity contribution in [3.8, 4) is 0 Å². The summed E-state index contributed by atoms with van der Waals surface area (Å²) in [4.78, 5) is 21.0. The van der Waals surface area contributed by atoms with Gasteiger partial charge < -0.3 is 14.6 Å². The van der Waals surface area contributed by atoms with E-state index in [0.717, 1.165) is 0 Å². The Labute approximate surface area is 93.7 Å². The Kier molecular flexibility index (Phi) is 5.13. The molecule has 0 amide bonds. The van der Waals surface area contributed by atoms with Gasteiger partial charge in [-0.2, -0.15) is 8.78 Å². The molecule has 1 unspecified atom stereocenters. The highest BCUT2D eigenvalue weighted by molar-refractivity contribution is 9.09. The molecule has 0 aliphatic heterocycles. The minimum Gasteiger partial charge on any atom is -0.544 e. The Morgan fingerprint density at radius 2 is 1.93 bits per heavy atom. The third-order valence-electron chi connectivity index (χ3n) is 1.60. The van der Waals surface area contributed by atoms with Crippen LogP contribution in [0.5, 0.6) is 0 Å². The highest BCUT2D eigenvalue weighted by Gasteiger charge is 2.45. The van der Waals surface area contributed by atoms with Crippen molar-refractivity contribution < 1.29 is 28.2 Å². The Bertz CT molecular complexity index is 255. The van der Waals surface area contributed by atoms with E-state index in [1.807, 2.05) is 0 Å². The zero-order valence-electron chi connectivity index (χ0n) is 8.13. The number of carbonyl (C=O) groups is 2. The van der Waals surface area contributed by atoms with Gasteiger partial charge in [0.2, 0.25) is 0 Å². The molecule has 0 aliphatic carbocycles. The largest absolute Gasteiger partial charge is 0.544 e. The van der Waals surface area contributed by atoms with Crippen molar-refractivity contribution in [2.45, 2.75) is 25.9 Å². The molecular formula is C8H10BrF2O4-. The lowest BCUT2D eigenvalue weighted by Crippen LogP contribution is -2.53. The molecule has 0 aliphatic rings. The smallest absolute Gasteiger partial charge is 0.323 e. The molecule has 0 spiro atoms. The van der Waals surface area contributed by atoms with Crippen molar-refractivity contribution in [3.63, 3.8) is 0 Å². The highest BCUT2D eigenvalue weighted by atomic mass is 79.9. The van der Waals surface area contributed by atoms with Crippen LogP contribution in [0.3, 0.4) is 0 Å². The zero-order chi connectivity index (χ0) is 12.2. The Morgan fingerprint density at radius 1 is 1.47 bits per heavy atom. The quantitative estimate of drug-likeness (QED) is 0.540. The molecule has 0 rings (SSSR count). The molecule has 0 heterocycles. The standard InChI is InChI=1S/C8H11BrF2O4/c1-4(2)6(15-5(12)3-9)8(10,11)7(13)14/h4,6H,3H2,1-2H3,(H,13,14)/p-1. The first-order valence-electron chi connectivity index (χ1n) is 4.08. The average Bonchev–Trinajstić information content (AvgIpc) is 2.12. The second-order valence-electron chi connectivity index (χ2n) is 3.20. The third kappa shape index (κ3) is 3.73. The number of carbonyl (C=O) groups excluding carboxylic acids is 2. The molecule has 0 saturated heterocycles. The molecule has 0 aromatic carbocycles. The molecule has 15 heavy (non-hydrogen) atoms. The lowest BCUT2D eigenvalue weighted by Gasteiger charge is -2.29. The molecule has 4 nitrogen and oxygen atoms in total. The number of esters is 1. The number of ether oxygens (including phenoxy) is 1. The van der Waals surface area contributed by atoms with Crippen molar-refractivity contribution in [1.82, 2.24) is 0 Å². The maximum Gasteiger partial charge on any atom is 0.323 e. The number of carboxylic acids is 1. The number of alkyl halides is 3. The van der Waals surface area contributed by atoms with Crippen molar-refractivity contribution in [2.24, 2.45) is 5.92 Å². The molecule has 0 bridgehead atoms. The van der Waals surface area contributed by atoms with Gasteiger partial charge in [-0.3, -0.25) is 4.79 Å². The molecule has 0 aromatic heterocycles. The minimum absolute atomic E-state index is 0.278. The van der Waals surface area contributed by atoms with E-state index < -0.39 is 29.9 Å². The summed E-state index contributed by atoms with van der Waals surface area (Å²) in [7, 11) is 0. The van der Waals surface area contributed by atoms with Crippen molar-refractivity contribution >= 4 is 27.9 Å². The number of halogens is 3. The molecule has 0 saturated carbocycles. The number of rotatable bonds is 5. The lowest BCUT2D eigenvalue weighted by atomic mass is 10.0. The number of hydrogen-bond donors (Lipinski definition) is 0. The highest BCUT2D eigenvalue weighted by Crippen LogP contribution is 2.26. The second-order valence-corrected chi connectivity index (χ2v) is 3.76. The summed E-state index contributed by atoms with van der Waals surface area (Å²) in [6, 6.07) is 0. The number of carboxylic acid groups (broad SMARTS) is 1. The minimum atomic E-state index is -4.19. The van der Waals surface area contributed by atoms with Gasteiger partial charge >= 0.3 is 11.9 Å². The second kappa shape index (κ2) is 5.39. The summed E-state index contributed by atoms with van der Waals surface area (Å²) < 4.78 is 30.3. The zero-order valence-corrected chi connectivity index (χ0v) is 9.71. The lowest BCUT2D eigenvalue weighted by molar-refractivity contribution is -0.337. The van der Waals surface area contributed by atoms with Crippen LogP contribution in [0.1, 0.15) is 13.8 Å². The van der Waals surface area contributed by atoms with Gasteiger partial charge in [-0.25, -0.2) is 0 Å². The molecule has 0 N–H and O–H groups in total. The van der Waals surface area contributed by atoms with Crippen LogP contribution in [0.4, 0.5) is 8.78 Å². The molecule has 1 atom stereocenters. The fraction of sp³-hybridized carbons (Fsp3) is 0.750. The molecule has 0 aromatic rings. The first kappa shape index (κ1) is 14.3. The maximum absolute atomic E-state index is 13.0. The SMILES string of the molecule is CC(C)C(OC(=O)CBr)C(F)(F)C(=O)[O-]. The average molecular weight is 288 g/mol. The van der Waals surface area contributed by atoms with E-state index >= 15 is 0 Å². The Balaban J connectivity index is 4.81. The summed E-state index contributed by atoms with van der Waals surface area (Å²) in [5.74, 6) is -8.52. The van der Waals surface area contributed by atoms with Gasteiger partial charge in [0, 0.05) is 0 Å². The van der Waals surface area contributed by atoms with Crippen LogP contribution in [0.15, 0.2) is 0 Å². The van der Waals surface area contributed by atoms with E-state index in [1.165, 1.54) is 13.8 Å². The summed E-state index contributed by atoms with van der Waals surface area (Å²) in [5.41, 5.74) is 0. The van der Waals surface area contributed by atoms with Crippen LogP contribution in [-0.2, 0) is 14.3 Å². The fourth-order valence-electron chi connectivity index (χ4n) is 0.918. The van der Waals surface area contributed by atoms with Crippen LogP contribution in [0.2, 0.25) is 0 Å². The van der Waals surface area contributed by atoms with Crippen LogP contribution in [0.25, 0.3) is 0 Å². The fourth-order valence-corrected chi connectivity index (χ4v) is 1.05. The van der Waals surface area contributed by atoms with E-state index in [0.29, 0.717) is 0 Å². The summed E-state index contributed by atoms with van der Waals surface area (Å²) in [6.45, 7) is 2.64. The van der Waals surface area contributed by atoms with E-state index in [9.17, 15) is 23.5 Å². The molecule has 0 radical (unpaired) electrons. The molecular weight excluding hydrogens is 278 g/mol. The van der Waals surface area contributed by atoms with Gasteiger partial charge in [0.15, 0.2) is 6.10 Å². The van der Waals surface area contributed by atoms with Crippen LogP contribution >= 0.6 is 15.9 Å². The van der Waals surface area contributed by atoms with Crippen molar-refractivity contribution in [2.75, 3.05) is 5.33 Å². The first-order chi connectivity index (χ1) is 6.73. The van der Waals surface area contributed by atoms with Crippen LogP contribution in [-0.4, -0.2) is 29.3 Å². The molecule has 88 valence electrons. The van der Waals surface area contributed by atoms with E-state index in [-0.39, 0.29) is 5.33 Å². The number of hydrogen-bond acceptors (Lipinski definition) is 4. The van der Waals surface area contributed by atoms with Gasteiger partial charge in [0.1, 0.15) is 11.3 Å². The number of aliphatic carboxylic acids is 1. The summed E-state index contributed by atoms with van der Waals surface area (Å²) in [5, 5.41) is 9.89. The predicted molar refractivity (Wildman–Crippen MR) is 48.5 cm³/mol. The maximum atomic E-state index is 13.0. The summed E-state index contributed by atoms with van der Waals surface area (Å²) >= 11 is 2.71. The van der Waals surface area contributed by atoms with E-state index in [2.05, 4.69) is 20.7 Å². The normalized spacial score (nSPS) is 13.7. The Morgan fingerprint density at radius 3 is 2.20 bits per heavy atom. The van der Waals surface area contributed by atoms with E-state index in [4.69, 9.17) is 0 Å². The summed E-state index contributed by atoms with van der Waals surface area (Å²) in [6.07, 6.45) is -2.02. The van der Waals surface area contributed by atoms with Gasteiger partial charge in [-0.1, -0.05) is 29.8 Å². The van der Waals surface area contributed by atoms with Gasteiger partial charge in [0.25, 0.3) is 0 Å². The van der Waals surface area contributed by atoms with Gasteiger partial charge in [-0.05, 0) is 5.92 Å². The topological polar surface area (TPSA) is 66.4 Å². The van der Waals surface area contributed by atoms with Gasteiger partial charge in [0.05, 0.1) is 0 Å². The monoisotopic (exact) mass is 287 g/mol. The van der Waals surface area contributed by atoms with Crippen molar-refractivity contribution in [1.29, 1.82) is 0 Å². The molecule has 0 fully saturated rings. The third-order valence-corrected chi connectivity index (χ3v) is 2.06. The van der Waals surface area contributed by atoms with Crippen LogP contribution in [0, 0.1) is 5.92 Å². The molecule has 7 heteroatoms.